The summed E-state index contributed by atoms with van der Waals surface area (Å²) in [5, 5.41) is 3.55. The molecular formula is C15H19N. The highest BCUT2D eigenvalue weighted by Crippen LogP contribution is 2.20. The molecule has 0 aliphatic heterocycles. The second-order valence-corrected chi connectivity index (χ2v) is 4.67. The van der Waals surface area contributed by atoms with E-state index in [0.29, 0.717) is 12.0 Å². The molecule has 1 nitrogen and oxygen atoms in total. The minimum absolute atomic E-state index is 0.409. The Balaban J connectivity index is 2.06. The molecule has 2 unspecified atom stereocenters. The Morgan fingerprint density at radius 2 is 1.75 bits per heavy atom. The van der Waals surface area contributed by atoms with Crippen molar-refractivity contribution in [2.45, 2.75) is 26.8 Å². The summed E-state index contributed by atoms with van der Waals surface area (Å²) < 4.78 is 0. The first kappa shape index (κ1) is 11.0. The Hall–Kier alpha value is -1.50. The first-order valence-corrected chi connectivity index (χ1v) is 5.85. The maximum atomic E-state index is 3.55. The van der Waals surface area contributed by atoms with E-state index in [0.717, 1.165) is 0 Å². The van der Waals surface area contributed by atoms with Gasteiger partial charge in [0, 0.05) is 5.69 Å². The van der Waals surface area contributed by atoms with Gasteiger partial charge in [-0.1, -0.05) is 48.4 Å². The molecule has 0 heterocycles. The second kappa shape index (κ2) is 4.56. The summed E-state index contributed by atoms with van der Waals surface area (Å²) in [6.45, 7) is 6.51. The van der Waals surface area contributed by atoms with Crippen LogP contribution in [0.15, 0.2) is 48.1 Å². The SMILES string of the molecule is CC1=CC(C)C(Nc2ccc(C)cc2)C=C1. The van der Waals surface area contributed by atoms with Crippen molar-refractivity contribution in [3.63, 3.8) is 0 Å². The smallest absolute Gasteiger partial charge is 0.0507 e. The maximum absolute atomic E-state index is 3.55. The van der Waals surface area contributed by atoms with Crippen LogP contribution in [0.2, 0.25) is 0 Å². The standard InChI is InChI=1S/C15H19N/c1-11-4-7-14(8-5-11)16-15-9-6-12(2)10-13(15)3/h4-10,13,15-16H,1-3H3. The van der Waals surface area contributed by atoms with Gasteiger partial charge in [0.2, 0.25) is 0 Å². The van der Waals surface area contributed by atoms with Crippen LogP contribution in [0.5, 0.6) is 0 Å². The minimum atomic E-state index is 0.409. The van der Waals surface area contributed by atoms with Crippen LogP contribution < -0.4 is 5.32 Å². The van der Waals surface area contributed by atoms with Crippen LogP contribution in [0.25, 0.3) is 0 Å². The van der Waals surface area contributed by atoms with E-state index >= 15 is 0 Å². The lowest BCUT2D eigenvalue weighted by Crippen LogP contribution is -2.25. The molecule has 0 radical (unpaired) electrons. The lowest BCUT2D eigenvalue weighted by atomic mass is 9.93. The number of nitrogens with one attached hydrogen (secondary N) is 1. The van der Waals surface area contributed by atoms with E-state index in [9.17, 15) is 0 Å². The lowest BCUT2D eigenvalue weighted by Gasteiger charge is -2.24. The zero-order valence-corrected chi connectivity index (χ0v) is 10.2. The van der Waals surface area contributed by atoms with Gasteiger partial charge in [0.15, 0.2) is 0 Å². The molecule has 1 aliphatic rings. The molecule has 0 aromatic heterocycles. The number of rotatable bonds is 2. The Kier molecular flexibility index (Phi) is 3.14. The third kappa shape index (κ3) is 2.54. The average molecular weight is 213 g/mol. The molecule has 0 saturated heterocycles. The van der Waals surface area contributed by atoms with Crippen molar-refractivity contribution in [1.29, 1.82) is 0 Å². The van der Waals surface area contributed by atoms with Crippen molar-refractivity contribution in [2.24, 2.45) is 5.92 Å². The Bertz CT molecular complexity index is 412. The molecule has 1 aromatic rings. The van der Waals surface area contributed by atoms with E-state index in [4.69, 9.17) is 0 Å². The van der Waals surface area contributed by atoms with Crippen LogP contribution in [-0.2, 0) is 0 Å². The van der Waals surface area contributed by atoms with Gasteiger partial charge in [0.1, 0.15) is 0 Å². The highest BCUT2D eigenvalue weighted by atomic mass is 14.9. The van der Waals surface area contributed by atoms with Crippen molar-refractivity contribution in [1.82, 2.24) is 0 Å². The lowest BCUT2D eigenvalue weighted by molar-refractivity contribution is 0.654. The van der Waals surface area contributed by atoms with Gasteiger partial charge >= 0.3 is 0 Å². The number of allylic oxidation sites excluding steroid dienone is 2. The molecule has 16 heavy (non-hydrogen) atoms. The molecule has 1 heteroatoms. The fourth-order valence-corrected chi connectivity index (χ4v) is 2.03. The van der Waals surface area contributed by atoms with Gasteiger partial charge in [-0.3, -0.25) is 0 Å². The van der Waals surface area contributed by atoms with Gasteiger partial charge in [-0.25, -0.2) is 0 Å². The molecular weight excluding hydrogens is 194 g/mol. The Morgan fingerprint density at radius 1 is 1.06 bits per heavy atom. The quantitative estimate of drug-likeness (QED) is 0.785. The molecule has 2 atom stereocenters. The predicted octanol–water partition coefficient (Wildman–Crippen LogP) is 3.93. The summed E-state index contributed by atoms with van der Waals surface area (Å²) in [4.78, 5) is 0. The third-order valence-corrected chi connectivity index (χ3v) is 3.04. The number of benzene rings is 1. The largest absolute Gasteiger partial charge is 0.378 e. The van der Waals surface area contributed by atoms with Crippen LogP contribution in [0.3, 0.4) is 0 Å². The normalized spacial score (nSPS) is 24.1. The fourth-order valence-electron chi connectivity index (χ4n) is 2.03. The van der Waals surface area contributed by atoms with E-state index in [1.807, 2.05) is 0 Å². The molecule has 0 bridgehead atoms. The summed E-state index contributed by atoms with van der Waals surface area (Å²) in [7, 11) is 0. The summed E-state index contributed by atoms with van der Waals surface area (Å²) >= 11 is 0. The first-order valence-electron chi connectivity index (χ1n) is 5.85. The van der Waals surface area contributed by atoms with Crippen molar-refractivity contribution in [3.05, 3.63) is 53.6 Å². The topological polar surface area (TPSA) is 12.0 Å². The van der Waals surface area contributed by atoms with E-state index < -0.39 is 0 Å². The van der Waals surface area contributed by atoms with Gasteiger partial charge in [0.05, 0.1) is 6.04 Å². The van der Waals surface area contributed by atoms with Gasteiger partial charge in [-0.2, -0.15) is 0 Å². The Labute approximate surface area is 97.9 Å². The molecule has 0 spiro atoms. The summed E-state index contributed by atoms with van der Waals surface area (Å²) in [5.41, 5.74) is 3.85. The molecule has 2 rings (SSSR count). The number of anilines is 1. The van der Waals surface area contributed by atoms with Crippen molar-refractivity contribution >= 4 is 5.69 Å². The van der Waals surface area contributed by atoms with Crippen molar-refractivity contribution in [3.8, 4) is 0 Å². The second-order valence-electron chi connectivity index (χ2n) is 4.67. The van der Waals surface area contributed by atoms with Crippen LogP contribution in [-0.4, -0.2) is 6.04 Å². The molecule has 0 amide bonds. The molecule has 1 N–H and O–H groups in total. The van der Waals surface area contributed by atoms with E-state index in [-0.39, 0.29) is 0 Å². The van der Waals surface area contributed by atoms with Gasteiger partial charge in [0.25, 0.3) is 0 Å². The first-order chi connectivity index (χ1) is 7.65. The highest BCUT2D eigenvalue weighted by molar-refractivity contribution is 5.47. The van der Waals surface area contributed by atoms with Gasteiger partial charge in [-0.15, -0.1) is 0 Å². The molecule has 0 saturated carbocycles. The molecule has 1 aliphatic carbocycles. The van der Waals surface area contributed by atoms with Gasteiger partial charge < -0.3 is 5.32 Å². The van der Waals surface area contributed by atoms with Crippen LogP contribution in [0.1, 0.15) is 19.4 Å². The highest BCUT2D eigenvalue weighted by Gasteiger charge is 2.14. The van der Waals surface area contributed by atoms with Crippen LogP contribution in [0.4, 0.5) is 5.69 Å². The Morgan fingerprint density at radius 3 is 2.38 bits per heavy atom. The zero-order valence-electron chi connectivity index (χ0n) is 10.2. The monoisotopic (exact) mass is 213 g/mol. The third-order valence-electron chi connectivity index (χ3n) is 3.04. The number of hydrogen-bond acceptors (Lipinski definition) is 1. The summed E-state index contributed by atoms with van der Waals surface area (Å²) in [6.07, 6.45) is 6.75. The number of hydrogen-bond donors (Lipinski definition) is 1. The maximum Gasteiger partial charge on any atom is 0.0507 e. The van der Waals surface area contributed by atoms with Crippen LogP contribution >= 0.6 is 0 Å². The average Bonchev–Trinajstić information content (AvgIpc) is 2.25. The van der Waals surface area contributed by atoms with Crippen molar-refractivity contribution in [2.75, 3.05) is 5.32 Å². The predicted molar refractivity (Wildman–Crippen MR) is 70.7 cm³/mol. The number of aryl methyl sites for hydroxylation is 1. The van der Waals surface area contributed by atoms with E-state index in [1.54, 1.807) is 0 Å². The van der Waals surface area contributed by atoms with Crippen LogP contribution in [0, 0.1) is 12.8 Å². The van der Waals surface area contributed by atoms with Gasteiger partial charge in [-0.05, 0) is 31.9 Å². The van der Waals surface area contributed by atoms with E-state index in [1.165, 1.54) is 16.8 Å². The molecule has 84 valence electrons. The summed E-state index contributed by atoms with van der Waals surface area (Å²) in [5.74, 6) is 0.548. The van der Waals surface area contributed by atoms with Crippen molar-refractivity contribution < 1.29 is 0 Å². The summed E-state index contributed by atoms with van der Waals surface area (Å²) in [6, 6.07) is 8.97. The molecule has 1 aromatic carbocycles. The minimum Gasteiger partial charge on any atom is -0.378 e. The van der Waals surface area contributed by atoms with E-state index in [2.05, 4.69) is 68.6 Å². The fraction of sp³-hybridized carbons (Fsp3) is 0.333. The zero-order chi connectivity index (χ0) is 11.5. The molecule has 0 fully saturated rings.